The maximum atomic E-state index is 9.35. The number of imidazole rings is 1. The zero-order chi connectivity index (χ0) is 26.8. The van der Waals surface area contributed by atoms with Gasteiger partial charge >= 0.3 is 0 Å². The Morgan fingerprint density at radius 2 is 1.32 bits per heavy atom. The lowest BCUT2D eigenvalue weighted by molar-refractivity contribution is 0.474. The fourth-order valence-corrected chi connectivity index (χ4v) is 6.24. The second kappa shape index (κ2) is 8.56. The van der Waals surface area contributed by atoms with E-state index in [2.05, 4.69) is 102 Å². The van der Waals surface area contributed by atoms with Gasteiger partial charge in [0.05, 0.1) is 22.8 Å². The number of ether oxygens (including phenoxy) is 1. The highest BCUT2D eigenvalue weighted by Crippen LogP contribution is 2.47. The van der Waals surface area contributed by atoms with E-state index in [1.54, 1.807) is 0 Å². The van der Waals surface area contributed by atoms with Crippen LogP contribution in [0, 0.1) is 11.3 Å². The molecule has 0 amide bonds. The lowest BCUT2D eigenvalue weighted by atomic mass is 9.85. The maximum absolute atomic E-state index is 9.35. The zero-order valence-corrected chi connectivity index (χ0v) is 21.8. The molecule has 0 unspecified atom stereocenters. The van der Waals surface area contributed by atoms with Crippen LogP contribution in [0.25, 0.3) is 60.5 Å². The molecular formula is C36H23N3O. The Balaban J connectivity index is 1.44. The van der Waals surface area contributed by atoms with Crippen molar-refractivity contribution in [2.75, 3.05) is 0 Å². The van der Waals surface area contributed by atoms with Crippen molar-refractivity contribution >= 4 is 32.6 Å². The molecular weight excluding hydrogens is 490 g/mol. The highest BCUT2D eigenvalue weighted by atomic mass is 16.5. The van der Waals surface area contributed by atoms with E-state index in [0.717, 1.165) is 51.6 Å². The van der Waals surface area contributed by atoms with Gasteiger partial charge in [0.1, 0.15) is 11.3 Å². The van der Waals surface area contributed by atoms with Crippen molar-refractivity contribution in [3.05, 3.63) is 121 Å². The third-order valence-corrected chi connectivity index (χ3v) is 7.97. The van der Waals surface area contributed by atoms with E-state index >= 15 is 0 Å². The van der Waals surface area contributed by atoms with Crippen LogP contribution in [0.3, 0.4) is 0 Å². The fourth-order valence-electron chi connectivity index (χ4n) is 6.24. The Bertz CT molecular complexity index is 2130. The molecule has 0 spiro atoms. The van der Waals surface area contributed by atoms with Crippen LogP contribution in [0.4, 0.5) is 0 Å². The number of hydrogen-bond donors (Lipinski definition) is 0. The van der Waals surface area contributed by atoms with E-state index in [9.17, 15) is 5.26 Å². The first-order chi connectivity index (χ1) is 19.7. The quantitative estimate of drug-likeness (QED) is 0.221. The molecule has 7 aromatic rings. The van der Waals surface area contributed by atoms with Crippen LogP contribution in [0.5, 0.6) is 11.5 Å². The summed E-state index contributed by atoms with van der Waals surface area (Å²) in [4.78, 5) is 4.92. The highest BCUT2D eigenvalue weighted by molar-refractivity contribution is 6.21. The van der Waals surface area contributed by atoms with E-state index < -0.39 is 0 Å². The van der Waals surface area contributed by atoms with Gasteiger partial charge in [-0.2, -0.15) is 5.26 Å². The number of benzene rings is 6. The minimum atomic E-state index is 0.659. The first-order valence-corrected chi connectivity index (χ1v) is 13.5. The summed E-state index contributed by atoms with van der Waals surface area (Å²) in [5.74, 6) is 2.70. The van der Waals surface area contributed by atoms with Crippen molar-refractivity contribution in [1.29, 1.82) is 5.26 Å². The van der Waals surface area contributed by atoms with Gasteiger partial charge in [0, 0.05) is 6.42 Å². The van der Waals surface area contributed by atoms with Crippen molar-refractivity contribution in [3.63, 3.8) is 0 Å². The van der Waals surface area contributed by atoms with Crippen molar-refractivity contribution in [2.45, 2.75) is 13.3 Å². The average Bonchev–Trinajstić information content (AvgIpc) is 3.40. The van der Waals surface area contributed by atoms with Crippen LogP contribution in [-0.2, 0) is 6.42 Å². The normalized spacial score (nSPS) is 11.9. The lowest BCUT2D eigenvalue weighted by Crippen LogP contribution is -2.07. The monoisotopic (exact) mass is 513 g/mol. The number of aromatic nitrogens is 2. The van der Waals surface area contributed by atoms with Crippen molar-refractivity contribution in [2.24, 2.45) is 0 Å². The van der Waals surface area contributed by atoms with Gasteiger partial charge < -0.3 is 4.74 Å². The number of nitrogens with zero attached hydrogens (tertiary/aromatic N) is 3. The summed E-state index contributed by atoms with van der Waals surface area (Å²) < 4.78 is 8.65. The molecule has 4 heteroatoms. The average molecular weight is 514 g/mol. The zero-order valence-electron chi connectivity index (χ0n) is 21.8. The second-order valence-electron chi connectivity index (χ2n) is 10.2. The molecule has 0 saturated carbocycles. The molecule has 40 heavy (non-hydrogen) atoms. The third kappa shape index (κ3) is 3.15. The van der Waals surface area contributed by atoms with Crippen molar-refractivity contribution in [1.82, 2.24) is 9.55 Å². The number of hydrogen-bond acceptors (Lipinski definition) is 3. The van der Waals surface area contributed by atoms with E-state index in [4.69, 9.17) is 9.72 Å². The topological polar surface area (TPSA) is 50.8 Å². The fraction of sp³-hybridized carbons (Fsp3) is 0.0556. The smallest absolute Gasteiger partial charge is 0.153 e. The number of nitriles is 1. The molecule has 1 aliphatic heterocycles. The third-order valence-electron chi connectivity index (χ3n) is 7.97. The first-order valence-electron chi connectivity index (χ1n) is 13.5. The summed E-state index contributed by atoms with van der Waals surface area (Å²) in [6, 6.07) is 39.9. The lowest BCUT2D eigenvalue weighted by Gasteiger charge is -2.23. The first kappa shape index (κ1) is 22.6. The molecule has 0 fully saturated rings. The van der Waals surface area contributed by atoms with E-state index in [1.165, 1.54) is 32.7 Å². The Labute approximate surface area is 231 Å². The summed E-state index contributed by atoms with van der Waals surface area (Å²) in [6.45, 7) is 2.15. The van der Waals surface area contributed by atoms with E-state index in [-0.39, 0.29) is 0 Å². The predicted molar refractivity (Wildman–Crippen MR) is 161 cm³/mol. The Hall–Kier alpha value is -5.40. The molecule has 6 aromatic carbocycles. The van der Waals surface area contributed by atoms with Crippen LogP contribution in [0.2, 0.25) is 0 Å². The molecule has 0 aliphatic carbocycles. The van der Waals surface area contributed by atoms with Crippen LogP contribution < -0.4 is 4.74 Å². The summed E-state index contributed by atoms with van der Waals surface area (Å²) in [5.41, 5.74) is 8.25. The standard InChI is InChI=1S/C36H23N3O/c1-2-33-38-29-12-7-13-32-36(29)39(33)30-20-24(18-19-31(30)40-32)35-27-10-5-3-8-25(27)34(26-9-4-6-11-28(26)35)23-16-14-22(21-37)15-17-23/h3-20H,2H2,1H3. The highest BCUT2D eigenvalue weighted by Gasteiger charge is 2.25. The van der Waals surface area contributed by atoms with Gasteiger partial charge in [0.15, 0.2) is 11.5 Å². The molecule has 1 aliphatic rings. The van der Waals surface area contributed by atoms with Crippen molar-refractivity contribution in [3.8, 4) is 45.5 Å². The Morgan fingerprint density at radius 3 is 1.95 bits per heavy atom. The van der Waals surface area contributed by atoms with Gasteiger partial charge in [-0.25, -0.2) is 4.98 Å². The van der Waals surface area contributed by atoms with Crippen LogP contribution in [0.15, 0.2) is 109 Å². The SMILES string of the molecule is CCc1nc2cccc3c2n1-c1cc(-c2c4ccccc4c(-c4ccc(C#N)cc4)c4ccccc24)ccc1O3. The summed E-state index contributed by atoms with van der Waals surface area (Å²) in [7, 11) is 0. The molecule has 0 N–H and O–H groups in total. The Morgan fingerprint density at radius 1 is 0.700 bits per heavy atom. The van der Waals surface area contributed by atoms with E-state index in [0.29, 0.717) is 5.56 Å². The Kier molecular flexibility index (Phi) is 4.83. The number of fused-ring (bicyclic) bond motifs is 4. The summed E-state index contributed by atoms with van der Waals surface area (Å²) in [6.07, 6.45) is 0.822. The molecule has 2 heterocycles. The molecule has 0 saturated heterocycles. The van der Waals surface area contributed by atoms with Gasteiger partial charge in [0.25, 0.3) is 0 Å². The van der Waals surface area contributed by atoms with Crippen LogP contribution >= 0.6 is 0 Å². The van der Waals surface area contributed by atoms with Gasteiger partial charge in [-0.1, -0.05) is 79.7 Å². The number of para-hydroxylation sites is 1. The van der Waals surface area contributed by atoms with Gasteiger partial charge in [-0.05, 0) is 80.2 Å². The van der Waals surface area contributed by atoms with Gasteiger partial charge in [0.2, 0.25) is 0 Å². The minimum absolute atomic E-state index is 0.659. The maximum Gasteiger partial charge on any atom is 0.153 e. The molecule has 1 aromatic heterocycles. The summed E-state index contributed by atoms with van der Waals surface area (Å²) in [5, 5.41) is 14.1. The molecule has 0 bridgehead atoms. The van der Waals surface area contributed by atoms with Gasteiger partial charge in [-0.3, -0.25) is 4.57 Å². The van der Waals surface area contributed by atoms with Crippen LogP contribution in [-0.4, -0.2) is 9.55 Å². The summed E-state index contributed by atoms with van der Waals surface area (Å²) >= 11 is 0. The van der Waals surface area contributed by atoms with E-state index in [1.807, 2.05) is 24.3 Å². The largest absolute Gasteiger partial charge is 0.453 e. The van der Waals surface area contributed by atoms with Crippen molar-refractivity contribution < 1.29 is 4.74 Å². The molecule has 188 valence electrons. The minimum Gasteiger partial charge on any atom is -0.453 e. The molecule has 4 nitrogen and oxygen atoms in total. The van der Waals surface area contributed by atoms with Gasteiger partial charge in [-0.15, -0.1) is 0 Å². The molecule has 0 atom stereocenters. The number of rotatable bonds is 3. The number of aryl methyl sites for hydroxylation is 1. The molecule has 8 rings (SSSR count). The second-order valence-corrected chi connectivity index (χ2v) is 10.2. The predicted octanol–water partition coefficient (Wildman–Crippen LogP) is 9.21. The van der Waals surface area contributed by atoms with Crippen LogP contribution in [0.1, 0.15) is 18.3 Å². The molecule has 0 radical (unpaired) electrons.